The Hall–Kier alpha value is -1.07. The average molecular weight is 288 g/mol. The van der Waals surface area contributed by atoms with Crippen molar-refractivity contribution in [3.05, 3.63) is 21.3 Å². The molecule has 1 saturated heterocycles. The van der Waals surface area contributed by atoms with E-state index >= 15 is 0 Å². The number of thiophene rings is 1. The summed E-state index contributed by atoms with van der Waals surface area (Å²) in [5.74, 6) is -0.883. The first-order chi connectivity index (χ1) is 8.50. The van der Waals surface area contributed by atoms with Crippen molar-refractivity contribution in [2.24, 2.45) is 5.92 Å². The molecule has 0 aromatic carbocycles. The molecule has 1 amide bonds. The van der Waals surface area contributed by atoms with Crippen LogP contribution in [-0.4, -0.2) is 34.5 Å². The Morgan fingerprint density at radius 1 is 1.56 bits per heavy atom. The Kier molecular flexibility index (Phi) is 3.92. The molecule has 2 heterocycles. The van der Waals surface area contributed by atoms with E-state index in [2.05, 4.69) is 0 Å². The highest BCUT2D eigenvalue weighted by Gasteiger charge is 2.36. The van der Waals surface area contributed by atoms with Crippen LogP contribution in [0.25, 0.3) is 0 Å². The molecule has 98 valence electrons. The molecule has 1 aromatic rings. The van der Waals surface area contributed by atoms with Crippen LogP contribution < -0.4 is 0 Å². The first-order valence-electron chi connectivity index (χ1n) is 5.77. The van der Waals surface area contributed by atoms with Gasteiger partial charge in [-0.2, -0.15) is 0 Å². The van der Waals surface area contributed by atoms with Gasteiger partial charge in [0, 0.05) is 6.54 Å². The predicted octanol–water partition coefficient (Wildman–Crippen LogP) is 2.73. The number of halogens is 1. The molecule has 1 fully saturated rings. The van der Waals surface area contributed by atoms with Gasteiger partial charge in [0.2, 0.25) is 0 Å². The fraction of sp³-hybridized carbons (Fsp3) is 0.500. The van der Waals surface area contributed by atoms with Crippen LogP contribution in [0.1, 0.15) is 29.4 Å². The van der Waals surface area contributed by atoms with Gasteiger partial charge in [0.1, 0.15) is 10.9 Å². The number of aliphatic carboxylic acids is 1. The standard InChI is InChI=1S/C12H14ClNO3S/c1-7-2-4-14(9(6-7)12(16)17)11(15)10-8(13)3-5-18-10/h3,5,7,9H,2,4,6H2,1H3,(H,16,17). The highest BCUT2D eigenvalue weighted by Crippen LogP contribution is 2.29. The van der Waals surface area contributed by atoms with E-state index in [1.54, 1.807) is 11.4 Å². The van der Waals surface area contributed by atoms with Crippen LogP contribution >= 0.6 is 22.9 Å². The van der Waals surface area contributed by atoms with Crippen LogP contribution in [0, 0.1) is 5.92 Å². The Balaban J connectivity index is 2.23. The molecule has 1 aromatic heterocycles. The van der Waals surface area contributed by atoms with E-state index in [-0.39, 0.29) is 5.91 Å². The largest absolute Gasteiger partial charge is 0.480 e. The molecule has 2 atom stereocenters. The molecule has 18 heavy (non-hydrogen) atoms. The van der Waals surface area contributed by atoms with Gasteiger partial charge in [-0.25, -0.2) is 4.79 Å². The molecule has 0 saturated carbocycles. The van der Waals surface area contributed by atoms with Gasteiger partial charge in [0.15, 0.2) is 0 Å². The number of likely N-dealkylation sites (tertiary alicyclic amines) is 1. The van der Waals surface area contributed by atoms with E-state index in [0.29, 0.717) is 28.8 Å². The summed E-state index contributed by atoms with van der Waals surface area (Å²) in [5.41, 5.74) is 0. The van der Waals surface area contributed by atoms with Gasteiger partial charge in [-0.1, -0.05) is 18.5 Å². The van der Waals surface area contributed by atoms with E-state index in [1.807, 2.05) is 6.92 Å². The average Bonchev–Trinajstić information content (AvgIpc) is 2.74. The third-order valence-electron chi connectivity index (χ3n) is 3.22. The number of hydrogen-bond donors (Lipinski definition) is 1. The number of carbonyl (C=O) groups excluding carboxylic acids is 1. The van der Waals surface area contributed by atoms with E-state index in [4.69, 9.17) is 11.6 Å². The van der Waals surface area contributed by atoms with Gasteiger partial charge >= 0.3 is 5.97 Å². The number of hydrogen-bond acceptors (Lipinski definition) is 3. The second-order valence-corrected chi connectivity index (χ2v) is 5.90. The Morgan fingerprint density at radius 2 is 2.28 bits per heavy atom. The predicted molar refractivity (Wildman–Crippen MR) is 70.2 cm³/mol. The van der Waals surface area contributed by atoms with E-state index in [1.165, 1.54) is 16.2 Å². The van der Waals surface area contributed by atoms with E-state index in [9.17, 15) is 14.7 Å². The SMILES string of the molecule is CC1CCN(C(=O)c2sccc2Cl)C(C(=O)O)C1. The number of carboxylic acids is 1. The zero-order valence-corrected chi connectivity index (χ0v) is 11.5. The van der Waals surface area contributed by atoms with E-state index in [0.717, 1.165) is 6.42 Å². The first kappa shape index (κ1) is 13.4. The zero-order chi connectivity index (χ0) is 13.3. The van der Waals surface area contributed by atoms with Gasteiger partial charge in [-0.05, 0) is 30.2 Å². The lowest BCUT2D eigenvalue weighted by Gasteiger charge is -2.35. The number of carbonyl (C=O) groups is 2. The molecular weight excluding hydrogens is 274 g/mol. The summed E-state index contributed by atoms with van der Waals surface area (Å²) in [6.45, 7) is 2.49. The third kappa shape index (κ3) is 2.52. The van der Waals surface area contributed by atoms with Crippen LogP contribution in [0.5, 0.6) is 0 Å². The van der Waals surface area contributed by atoms with Crippen molar-refractivity contribution >= 4 is 34.8 Å². The van der Waals surface area contributed by atoms with Crippen molar-refractivity contribution in [3.63, 3.8) is 0 Å². The monoisotopic (exact) mass is 287 g/mol. The Bertz CT molecular complexity index is 474. The maximum Gasteiger partial charge on any atom is 0.326 e. The Labute approximate surface area is 114 Å². The van der Waals surface area contributed by atoms with Crippen molar-refractivity contribution in [2.75, 3.05) is 6.54 Å². The molecule has 4 nitrogen and oxygen atoms in total. The summed E-state index contributed by atoms with van der Waals surface area (Å²) in [6, 6.07) is 0.918. The third-order valence-corrected chi connectivity index (χ3v) is 4.55. The smallest absolute Gasteiger partial charge is 0.326 e. The van der Waals surface area contributed by atoms with Crippen LogP contribution in [0.3, 0.4) is 0 Å². The normalized spacial score (nSPS) is 24.0. The van der Waals surface area contributed by atoms with E-state index < -0.39 is 12.0 Å². The van der Waals surface area contributed by atoms with Crippen LogP contribution in [0.2, 0.25) is 5.02 Å². The van der Waals surface area contributed by atoms with Crippen molar-refractivity contribution in [2.45, 2.75) is 25.8 Å². The summed E-state index contributed by atoms with van der Waals surface area (Å²) >= 11 is 7.18. The summed E-state index contributed by atoms with van der Waals surface area (Å²) in [7, 11) is 0. The molecular formula is C12H14ClNO3S. The maximum absolute atomic E-state index is 12.3. The molecule has 0 aliphatic carbocycles. The van der Waals surface area contributed by atoms with Crippen LogP contribution in [0.4, 0.5) is 0 Å². The van der Waals surface area contributed by atoms with Crippen molar-refractivity contribution in [3.8, 4) is 0 Å². The van der Waals surface area contributed by atoms with Crippen molar-refractivity contribution in [1.82, 2.24) is 4.90 Å². The quantitative estimate of drug-likeness (QED) is 0.910. The zero-order valence-electron chi connectivity index (χ0n) is 9.93. The number of rotatable bonds is 2. The topological polar surface area (TPSA) is 57.6 Å². The lowest BCUT2D eigenvalue weighted by atomic mass is 9.92. The minimum atomic E-state index is -0.942. The summed E-state index contributed by atoms with van der Waals surface area (Å²) in [6.07, 6.45) is 1.34. The number of carboxylic acid groups (broad SMARTS) is 1. The molecule has 1 aliphatic rings. The fourth-order valence-electron chi connectivity index (χ4n) is 2.20. The first-order valence-corrected chi connectivity index (χ1v) is 7.03. The molecule has 2 unspecified atom stereocenters. The van der Waals surface area contributed by atoms with Gasteiger partial charge < -0.3 is 10.0 Å². The number of amides is 1. The summed E-state index contributed by atoms with van der Waals surface area (Å²) < 4.78 is 0. The minimum absolute atomic E-state index is 0.269. The highest BCUT2D eigenvalue weighted by molar-refractivity contribution is 7.12. The summed E-state index contributed by atoms with van der Waals surface area (Å²) in [5, 5.41) is 11.3. The second-order valence-electron chi connectivity index (χ2n) is 4.58. The van der Waals surface area contributed by atoms with Gasteiger partial charge in [0.05, 0.1) is 5.02 Å². The molecule has 2 rings (SSSR count). The summed E-state index contributed by atoms with van der Waals surface area (Å²) in [4.78, 5) is 25.4. The lowest BCUT2D eigenvalue weighted by molar-refractivity contribution is -0.144. The fourth-order valence-corrected chi connectivity index (χ4v) is 3.29. The van der Waals surface area contributed by atoms with Crippen molar-refractivity contribution in [1.29, 1.82) is 0 Å². The van der Waals surface area contributed by atoms with Gasteiger partial charge in [0.25, 0.3) is 5.91 Å². The minimum Gasteiger partial charge on any atom is -0.480 e. The molecule has 0 bridgehead atoms. The second kappa shape index (κ2) is 5.28. The van der Waals surface area contributed by atoms with Gasteiger partial charge in [-0.15, -0.1) is 11.3 Å². The molecule has 6 heteroatoms. The Morgan fingerprint density at radius 3 is 2.83 bits per heavy atom. The molecule has 1 N–H and O–H groups in total. The van der Waals surface area contributed by atoms with Crippen LogP contribution in [-0.2, 0) is 4.79 Å². The molecule has 0 spiro atoms. The molecule has 1 aliphatic heterocycles. The van der Waals surface area contributed by atoms with Crippen LogP contribution in [0.15, 0.2) is 11.4 Å². The lowest BCUT2D eigenvalue weighted by Crippen LogP contribution is -2.49. The van der Waals surface area contributed by atoms with Crippen molar-refractivity contribution < 1.29 is 14.7 Å². The number of piperidine rings is 1. The van der Waals surface area contributed by atoms with Gasteiger partial charge in [-0.3, -0.25) is 4.79 Å². The maximum atomic E-state index is 12.3. The molecule has 0 radical (unpaired) electrons. The highest BCUT2D eigenvalue weighted by atomic mass is 35.5. The number of nitrogens with zero attached hydrogens (tertiary/aromatic N) is 1.